The van der Waals surface area contributed by atoms with E-state index in [2.05, 4.69) is 40.2 Å². The molecule has 0 saturated carbocycles. The molecule has 0 atom stereocenters. The number of carbonyl (C=O) groups is 1. The van der Waals surface area contributed by atoms with Gasteiger partial charge in [0.05, 0.1) is 17.1 Å². The number of nitrogens with one attached hydrogen (secondary N) is 1. The molecular formula is C16H20BrN3O. The number of alkyl halides is 1. The maximum absolute atomic E-state index is 12.3. The highest BCUT2D eigenvalue weighted by Gasteiger charge is 2.16. The van der Waals surface area contributed by atoms with Gasteiger partial charge in [0, 0.05) is 16.9 Å². The summed E-state index contributed by atoms with van der Waals surface area (Å²) in [5.41, 5.74) is 4.42. The smallest absolute Gasteiger partial charge is 0.255 e. The Hall–Kier alpha value is -1.62. The lowest BCUT2D eigenvalue weighted by atomic mass is 10.1. The second-order valence-corrected chi connectivity index (χ2v) is 5.93. The van der Waals surface area contributed by atoms with Crippen LogP contribution in [0.2, 0.25) is 0 Å². The van der Waals surface area contributed by atoms with E-state index in [-0.39, 0.29) is 11.9 Å². The van der Waals surface area contributed by atoms with E-state index >= 15 is 0 Å². The van der Waals surface area contributed by atoms with E-state index in [1.54, 1.807) is 0 Å². The van der Waals surface area contributed by atoms with E-state index in [4.69, 9.17) is 0 Å². The van der Waals surface area contributed by atoms with Crippen LogP contribution in [0.25, 0.3) is 0 Å². The molecule has 0 fully saturated rings. The number of rotatable bonds is 4. The molecule has 1 aromatic heterocycles. The summed E-state index contributed by atoms with van der Waals surface area (Å²) in [7, 11) is 0. The third-order valence-electron chi connectivity index (χ3n) is 3.42. The van der Waals surface area contributed by atoms with Gasteiger partial charge in [0.1, 0.15) is 0 Å². The second-order valence-electron chi connectivity index (χ2n) is 5.37. The van der Waals surface area contributed by atoms with Gasteiger partial charge in [-0.2, -0.15) is 5.10 Å². The number of nitrogens with zero attached hydrogens (tertiary/aromatic N) is 2. The van der Waals surface area contributed by atoms with Crippen LogP contribution in [-0.4, -0.2) is 15.7 Å². The minimum absolute atomic E-state index is 0.106. The van der Waals surface area contributed by atoms with Crippen LogP contribution in [0.15, 0.2) is 24.3 Å². The van der Waals surface area contributed by atoms with Crippen LogP contribution in [0, 0.1) is 13.8 Å². The Kier molecular flexibility index (Phi) is 4.83. The predicted molar refractivity (Wildman–Crippen MR) is 89.1 cm³/mol. The van der Waals surface area contributed by atoms with Crippen LogP contribution in [0.4, 0.5) is 5.69 Å². The van der Waals surface area contributed by atoms with Crippen LogP contribution in [0.1, 0.15) is 47.2 Å². The van der Waals surface area contributed by atoms with Crippen molar-refractivity contribution in [1.29, 1.82) is 0 Å². The van der Waals surface area contributed by atoms with Crippen molar-refractivity contribution in [3.8, 4) is 0 Å². The monoisotopic (exact) mass is 349 g/mol. The van der Waals surface area contributed by atoms with E-state index in [0.717, 1.165) is 28.0 Å². The molecule has 0 spiro atoms. The van der Waals surface area contributed by atoms with Crippen LogP contribution in [0.5, 0.6) is 0 Å². The lowest BCUT2D eigenvalue weighted by Gasteiger charge is -2.09. The van der Waals surface area contributed by atoms with Crippen molar-refractivity contribution in [1.82, 2.24) is 9.78 Å². The van der Waals surface area contributed by atoms with E-state index in [1.807, 2.05) is 42.8 Å². The van der Waals surface area contributed by atoms with Gasteiger partial charge in [-0.05, 0) is 45.4 Å². The van der Waals surface area contributed by atoms with Crippen molar-refractivity contribution < 1.29 is 4.79 Å². The van der Waals surface area contributed by atoms with Gasteiger partial charge in [0.15, 0.2) is 0 Å². The number of carbonyl (C=O) groups excluding carboxylic acids is 1. The molecule has 0 aliphatic rings. The summed E-state index contributed by atoms with van der Waals surface area (Å²) in [5, 5.41) is 8.24. The normalized spacial score (nSPS) is 11.0. The number of hydrogen-bond acceptors (Lipinski definition) is 2. The van der Waals surface area contributed by atoms with Crippen LogP contribution in [0.3, 0.4) is 0 Å². The zero-order valence-electron chi connectivity index (χ0n) is 12.8. The average Bonchev–Trinajstić information content (AvgIpc) is 2.75. The summed E-state index contributed by atoms with van der Waals surface area (Å²) in [6.07, 6.45) is 0. The summed E-state index contributed by atoms with van der Waals surface area (Å²) in [4.78, 5) is 12.3. The number of halogens is 1. The minimum atomic E-state index is -0.106. The lowest BCUT2D eigenvalue weighted by Crippen LogP contribution is -2.13. The molecule has 4 nitrogen and oxygen atoms in total. The Morgan fingerprint density at radius 1 is 1.29 bits per heavy atom. The van der Waals surface area contributed by atoms with Gasteiger partial charge < -0.3 is 5.32 Å². The minimum Gasteiger partial charge on any atom is -0.319 e. The number of amides is 1. The maximum atomic E-state index is 12.3. The SMILES string of the molecule is Cc1nn(C(C)C)c(C)c1NC(=O)c1ccc(CBr)cc1. The molecule has 0 bridgehead atoms. The van der Waals surface area contributed by atoms with Crippen LogP contribution >= 0.6 is 15.9 Å². The first-order chi connectivity index (χ1) is 9.93. The molecule has 21 heavy (non-hydrogen) atoms. The van der Waals surface area contributed by atoms with Crippen LogP contribution in [-0.2, 0) is 5.33 Å². The summed E-state index contributed by atoms with van der Waals surface area (Å²) >= 11 is 3.40. The van der Waals surface area contributed by atoms with E-state index in [1.165, 1.54) is 0 Å². The Labute approximate surface area is 133 Å². The predicted octanol–water partition coefficient (Wildman–Crippen LogP) is 4.23. The molecule has 0 unspecified atom stereocenters. The molecule has 1 heterocycles. The van der Waals surface area contributed by atoms with Crippen molar-refractivity contribution in [2.75, 3.05) is 5.32 Å². The molecular weight excluding hydrogens is 330 g/mol. The maximum Gasteiger partial charge on any atom is 0.255 e. The second kappa shape index (κ2) is 6.43. The summed E-state index contributed by atoms with van der Waals surface area (Å²) in [6, 6.07) is 7.84. The summed E-state index contributed by atoms with van der Waals surface area (Å²) in [5.74, 6) is -0.106. The van der Waals surface area contributed by atoms with Gasteiger partial charge in [0.25, 0.3) is 5.91 Å². The molecule has 0 radical (unpaired) electrons. The first kappa shape index (κ1) is 15.8. The van der Waals surface area contributed by atoms with E-state index in [0.29, 0.717) is 5.56 Å². The third-order valence-corrected chi connectivity index (χ3v) is 4.07. The Morgan fingerprint density at radius 3 is 2.38 bits per heavy atom. The van der Waals surface area contributed by atoms with Gasteiger partial charge >= 0.3 is 0 Å². The fourth-order valence-corrected chi connectivity index (χ4v) is 2.65. The number of aromatic nitrogens is 2. The van der Waals surface area contributed by atoms with Crippen molar-refractivity contribution >= 4 is 27.5 Å². The standard InChI is InChI=1S/C16H20BrN3O/c1-10(2)20-12(4)15(11(3)19-20)18-16(21)14-7-5-13(9-17)6-8-14/h5-8,10H,9H2,1-4H3,(H,18,21). The van der Waals surface area contributed by atoms with Gasteiger partial charge in [-0.3, -0.25) is 9.48 Å². The van der Waals surface area contributed by atoms with Crippen molar-refractivity contribution in [2.45, 2.75) is 39.1 Å². The highest BCUT2D eigenvalue weighted by molar-refractivity contribution is 9.08. The van der Waals surface area contributed by atoms with Crippen molar-refractivity contribution in [3.05, 3.63) is 46.8 Å². The molecule has 112 valence electrons. The number of aryl methyl sites for hydroxylation is 1. The zero-order valence-corrected chi connectivity index (χ0v) is 14.4. The molecule has 2 aromatic rings. The number of hydrogen-bond donors (Lipinski definition) is 1. The van der Waals surface area contributed by atoms with E-state index < -0.39 is 0 Å². The number of anilines is 1. The van der Waals surface area contributed by atoms with Crippen molar-refractivity contribution in [3.63, 3.8) is 0 Å². The fraction of sp³-hybridized carbons (Fsp3) is 0.375. The molecule has 2 rings (SSSR count). The van der Waals surface area contributed by atoms with Gasteiger partial charge in [-0.1, -0.05) is 28.1 Å². The average molecular weight is 350 g/mol. The highest BCUT2D eigenvalue weighted by atomic mass is 79.9. The molecule has 0 saturated heterocycles. The van der Waals surface area contributed by atoms with Gasteiger partial charge in [-0.25, -0.2) is 0 Å². The molecule has 1 amide bonds. The molecule has 0 aliphatic carbocycles. The quantitative estimate of drug-likeness (QED) is 0.839. The molecule has 0 aliphatic heterocycles. The Morgan fingerprint density at radius 2 is 1.90 bits per heavy atom. The Bertz CT molecular complexity index is 644. The zero-order chi connectivity index (χ0) is 15.6. The largest absolute Gasteiger partial charge is 0.319 e. The Balaban J connectivity index is 2.23. The van der Waals surface area contributed by atoms with Crippen molar-refractivity contribution in [2.24, 2.45) is 0 Å². The first-order valence-electron chi connectivity index (χ1n) is 6.96. The van der Waals surface area contributed by atoms with Crippen LogP contribution < -0.4 is 5.32 Å². The summed E-state index contributed by atoms with van der Waals surface area (Å²) < 4.78 is 1.93. The first-order valence-corrected chi connectivity index (χ1v) is 8.08. The van der Waals surface area contributed by atoms with Gasteiger partial charge in [-0.15, -0.1) is 0 Å². The molecule has 1 aromatic carbocycles. The topological polar surface area (TPSA) is 46.9 Å². The van der Waals surface area contributed by atoms with Gasteiger partial charge in [0.2, 0.25) is 0 Å². The fourth-order valence-electron chi connectivity index (χ4n) is 2.28. The lowest BCUT2D eigenvalue weighted by molar-refractivity contribution is 0.102. The molecule has 1 N–H and O–H groups in total. The molecule has 5 heteroatoms. The number of benzene rings is 1. The third kappa shape index (κ3) is 3.35. The highest BCUT2D eigenvalue weighted by Crippen LogP contribution is 2.23. The summed E-state index contributed by atoms with van der Waals surface area (Å²) in [6.45, 7) is 8.03. The van der Waals surface area contributed by atoms with E-state index in [9.17, 15) is 4.79 Å².